The molecule has 218 valence electrons. The molecule has 0 aliphatic heterocycles. The number of alkyl halides is 6. The van der Waals surface area contributed by atoms with Crippen molar-refractivity contribution in [3.63, 3.8) is 0 Å². The second-order valence-corrected chi connectivity index (χ2v) is 7.98. The van der Waals surface area contributed by atoms with Crippen LogP contribution in [0.1, 0.15) is 16.7 Å². The number of allylic oxidation sites excluding steroid dienone is 4. The number of hydrogen-bond acceptors (Lipinski definition) is 7. The highest BCUT2D eigenvalue weighted by Crippen LogP contribution is 2.44. The van der Waals surface area contributed by atoms with Crippen LogP contribution in [-0.2, 0) is 12.4 Å². The number of ether oxygens (including phenoxy) is 1. The average Bonchev–Trinajstić information content (AvgIpc) is 2.88. The van der Waals surface area contributed by atoms with Gasteiger partial charge in [-0.05, 0) is 54.5 Å². The molecule has 41 heavy (non-hydrogen) atoms. The van der Waals surface area contributed by atoms with Crippen LogP contribution in [0.3, 0.4) is 0 Å². The highest BCUT2D eigenvalue weighted by atomic mass is 19.4. The van der Waals surface area contributed by atoms with Gasteiger partial charge in [-0.25, -0.2) is 9.18 Å². The first-order valence-electron chi connectivity index (χ1n) is 11.2. The molecule has 8 nitrogen and oxygen atoms in total. The minimum atomic E-state index is -5.40. The van der Waals surface area contributed by atoms with Gasteiger partial charge in [-0.1, -0.05) is 5.92 Å². The molecule has 0 aliphatic rings. The Labute approximate surface area is 229 Å². The third-order valence-electron chi connectivity index (χ3n) is 4.98. The highest BCUT2D eigenvalue weighted by molar-refractivity contribution is 6.11. The lowest BCUT2D eigenvalue weighted by molar-refractivity contribution is -0.143. The lowest BCUT2D eigenvalue weighted by atomic mass is 9.98. The molecular weight excluding hydrogens is 561 g/mol. The number of rotatable bonds is 6. The van der Waals surface area contributed by atoms with E-state index in [9.17, 15) is 35.5 Å². The van der Waals surface area contributed by atoms with Gasteiger partial charge in [0.15, 0.2) is 5.75 Å². The summed E-state index contributed by atoms with van der Waals surface area (Å²) in [6.45, 7) is -0.304. The van der Waals surface area contributed by atoms with Crippen LogP contribution < -0.4 is 32.6 Å². The lowest BCUT2D eigenvalue weighted by Crippen LogP contribution is -2.30. The average molecular weight is 584 g/mol. The van der Waals surface area contributed by atoms with Crippen LogP contribution in [0, 0.1) is 17.7 Å². The maximum Gasteiger partial charge on any atom is 0.420 e. The van der Waals surface area contributed by atoms with Crippen LogP contribution in [0.15, 0.2) is 71.3 Å². The van der Waals surface area contributed by atoms with Gasteiger partial charge in [-0.3, -0.25) is 9.89 Å². The highest BCUT2D eigenvalue weighted by Gasteiger charge is 2.41. The van der Waals surface area contributed by atoms with Crippen molar-refractivity contribution in [3.05, 3.63) is 88.8 Å². The molecule has 0 saturated carbocycles. The Morgan fingerprint density at radius 1 is 1.02 bits per heavy atom. The zero-order chi connectivity index (χ0) is 31.0. The van der Waals surface area contributed by atoms with Gasteiger partial charge in [0.25, 0.3) is 0 Å². The summed E-state index contributed by atoms with van der Waals surface area (Å²) in [7, 11) is 1.10. The van der Waals surface area contributed by atoms with Gasteiger partial charge in [0.2, 0.25) is 0 Å². The van der Waals surface area contributed by atoms with Crippen molar-refractivity contribution in [2.45, 2.75) is 12.4 Å². The van der Waals surface area contributed by atoms with Crippen LogP contribution in [-0.4, -0.2) is 25.9 Å². The van der Waals surface area contributed by atoms with Crippen LogP contribution in [0.2, 0.25) is 0 Å². The predicted octanol–water partition coefficient (Wildman–Crippen LogP) is 4.47. The fourth-order valence-corrected chi connectivity index (χ4v) is 3.01. The standard InChI is InChI=1S/C26H23F7N6O2/c1-39(19-7-4-17(27)5-8-19)24(40)41-23-20(11-16(25(28,29)30)12-21(23)26(31,32)33)15(13-34)14-38-10-2-3-18(35)6-9-22(36)37/h4-9,11-14H,10,34-37H2,1H3/b15-13+,18-6-,38-14?. The Balaban J connectivity index is 2.58. The van der Waals surface area contributed by atoms with Gasteiger partial charge in [0.05, 0.1) is 22.6 Å². The van der Waals surface area contributed by atoms with Crippen molar-refractivity contribution >= 4 is 23.6 Å². The van der Waals surface area contributed by atoms with E-state index in [-0.39, 0.29) is 29.8 Å². The molecular formula is C26H23F7N6O2. The van der Waals surface area contributed by atoms with Crippen molar-refractivity contribution in [1.29, 1.82) is 0 Å². The quantitative estimate of drug-likeness (QED) is 0.171. The Morgan fingerprint density at radius 3 is 2.20 bits per heavy atom. The van der Waals surface area contributed by atoms with Gasteiger partial charge in [0, 0.05) is 36.3 Å². The Morgan fingerprint density at radius 2 is 1.66 bits per heavy atom. The smallest absolute Gasteiger partial charge is 0.409 e. The Kier molecular flexibility index (Phi) is 10.4. The summed E-state index contributed by atoms with van der Waals surface area (Å²) in [5.74, 6) is 3.01. The van der Waals surface area contributed by atoms with E-state index < -0.39 is 52.3 Å². The molecule has 0 aromatic heterocycles. The van der Waals surface area contributed by atoms with Gasteiger partial charge >= 0.3 is 18.4 Å². The molecule has 2 aromatic carbocycles. The van der Waals surface area contributed by atoms with E-state index in [1.165, 1.54) is 12.2 Å². The van der Waals surface area contributed by atoms with Gasteiger partial charge in [-0.2, -0.15) is 26.3 Å². The van der Waals surface area contributed by atoms with E-state index in [2.05, 4.69) is 16.8 Å². The van der Waals surface area contributed by atoms with Crippen molar-refractivity contribution in [3.8, 4) is 17.6 Å². The van der Waals surface area contributed by atoms with Crippen molar-refractivity contribution in [2.24, 2.45) is 27.9 Å². The predicted molar refractivity (Wildman–Crippen MR) is 139 cm³/mol. The number of nitrogens with two attached hydrogens (primary N) is 4. The summed E-state index contributed by atoms with van der Waals surface area (Å²) in [6.07, 6.45) is -7.94. The van der Waals surface area contributed by atoms with Crippen molar-refractivity contribution in [2.75, 3.05) is 18.5 Å². The number of carbonyl (C=O) groups is 1. The molecule has 2 rings (SSSR count). The first kappa shape index (κ1) is 32.1. The molecule has 0 radical (unpaired) electrons. The molecule has 0 atom stereocenters. The summed E-state index contributed by atoms with van der Waals surface area (Å²) in [5, 5.41) is 0. The SMILES string of the molecule is CN(C(=O)Oc1c(/C(C=NCC#C/C(N)=C/C=C(N)N)=C/N)cc(C(F)(F)F)cc1C(F)(F)F)c1ccc(F)cc1. The second-order valence-electron chi connectivity index (χ2n) is 7.98. The maximum absolute atomic E-state index is 14.0. The molecule has 0 fully saturated rings. The first-order valence-corrected chi connectivity index (χ1v) is 11.2. The van der Waals surface area contributed by atoms with Crippen LogP contribution in [0.5, 0.6) is 5.75 Å². The maximum atomic E-state index is 14.0. The molecule has 0 heterocycles. The fourth-order valence-electron chi connectivity index (χ4n) is 3.01. The van der Waals surface area contributed by atoms with Crippen molar-refractivity contribution < 1.29 is 40.3 Å². The number of hydrogen-bond donors (Lipinski definition) is 4. The third kappa shape index (κ3) is 9.24. The molecule has 0 bridgehead atoms. The normalized spacial score (nSPS) is 12.5. The summed E-state index contributed by atoms with van der Waals surface area (Å²) in [6, 6.07) is 4.36. The van der Waals surface area contributed by atoms with E-state index in [0.29, 0.717) is 12.3 Å². The zero-order valence-electron chi connectivity index (χ0n) is 21.1. The van der Waals surface area contributed by atoms with E-state index >= 15 is 0 Å². The van der Waals surface area contributed by atoms with Gasteiger partial charge in [0.1, 0.15) is 12.4 Å². The van der Waals surface area contributed by atoms with Crippen LogP contribution in [0.25, 0.3) is 5.57 Å². The number of halogens is 7. The molecule has 0 unspecified atom stereocenters. The Hall–Kier alpha value is -5.13. The minimum Gasteiger partial charge on any atom is -0.409 e. The molecule has 15 heteroatoms. The minimum absolute atomic E-state index is 0.0195. The van der Waals surface area contributed by atoms with E-state index in [0.717, 1.165) is 42.4 Å². The monoisotopic (exact) mass is 584 g/mol. The van der Waals surface area contributed by atoms with E-state index in [1.54, 1.807) is 0 Å². The topological polar surface area (TPSA) is 146 Å². The molecule has 1 amide bonds. The Bertz CT molecular complexity index is 1440. The summed E-state index contributed by atoms with van der Waals surface area (Å²) in [5.41, 5.74) is 16.8. The van der Waals surface area contributed by atoms with Crippen LogP contribution >= 0.6 is 0 Å². The van der Waals surface area contributed by atoms with E-state index in [1.807, 2.05) is 0 Å². The first-order chi connectivity index (χ1) is 19.0. The number of carbonyl (C=O) groups excluding carboxylic acids is 1. The number of nitrogens with zero attached hydrogens (tertiary/aromatic N) is 2. The summed E-state index contributed by atoms with van der Waals surface area (Å²) < 4.78 is 101. The molecule has 0 aliphatic carbocycles. The van der Waals surface area contributed by atoms with Crippen molar-refractivity contribution in [1.82, 2.24) is 0 Å². The molecule has 2 aromatic rings. The van der Waals surface area contributed by atoms with Gasteiger partial charge < -0.3 is 27.7 Å². The van der Waals surface area contributed by atoms with Gasteiger partial charge in [-0.15, -0.1) is 0 Å². The second kappa shape index (κ2) is 13.3. The fraction of sp³-hybridized carbons (Fsp3) is 0.154. The summed E-state index contributed by atoms with van der Waals surface area (Å²) in [4.78, 5) is 17.3. The van der Waals surface area contributed by atoms with E-state index in [4.69, 9.17) is 27.7 Å². The number of anilines is 1. The molecule has 0 spiro atoms. The zero-order valence-corrected chi connectivity index (χ0v) is 21.1. The lowest BCUT2D eigenvalue weighted by Gasteiger charge is -2.22. The largest absolute Gasteiger partial charge is 0.420 e. The number of benzene rings is 2. The number of aliphatic imine (C=N–C) groups is 1. The van der Waals surface area contributed by atoms with Crippen LogP contribution in [0.4, 0.5) is 41.2 Å². The third-order valence-corrected chi connectivity index (χ3v) is 4.98. The molecule has 0 saturated heterocycles. The summed E-state index contributed by atoms with van der Waals surface area (Å²) >= 11 is 0. The molecule has 8 N–H and O–H groups in total. The number of amides is 1.